The van der Waals surface area contributed by atoms with Crippen LogP contribution in [-0.4, -0.2) is 26.5 Å². The summed E-state index contributed by atoms with van der Waals surface area (Å²) >= 11 is 19.6. The van der Waals surface area contributed by atoms with E-state index in [4.69, 9.17) is 35.4 Å². The van der Waals surface area contributed by atoms with Gasteiger partial charge in [-0.3, -0.25) is 4.79 Å². The minimum Gasteiger partial charge on any atom is -0.272 e. The second-order valence-electron chi connectivity index (χ2n) is 6.72. The zero-order valence-electron chi connectivity index (χ0n) is 14.5. The van der Waals surface area contributed by atoms with Crippen molar-refractivity contribution in [2.45, 2.75) is 17.7 Å². The fraction of sp³-hybridized carbons (Fsp3) is 0.211. The summed E-state index contributed by atoms with van der Waals surface area (Å²) in [5.74, 6) is 0.867. The van der Waals surface area contributed by atoms with Crippen LogP contribution in [0.3, 0.4) is 0 Å². The Morgan fingerprint density at radius 2 is 2.04 bits per heavy atom. The molecule has 1 fully saturated rings. The number of carbonyl (C=O) groups is 1. The number of H-pyrrole nitrogens is 1. The van der Waals surface area contributed by atoms with E-state index >= 15 is 0 Å². The minimum atomic E-state index is -0.497. The fourth-order valence-electron chi connectivity index (χ4n) is 4.03. The van der Waals surface area contributed by atoms with Gasteiger partial charge in [0.1, 0.15) is 4.87 Å². The SMILES string of the molecule is O=C1CSC2(CCc3ccccc32)N1n1c(-c2ccc(Cl)cc2Cl)n[nH]c1=S. The molecule has 2 heterocycles. The van der Waals surface area contributed by atoms with Crippen LogP contribution in [0.25, 0.3) is 11.4 Å². The van der Waals surface area contributed by atoms with Crippen LogP contribution in [0, 0.1) is 4.77 Å². The molecule has 0 radical (unpaired) electrons. The first kappa shape index (κ1) is 18.2. The molecule has 2 aromatic carbocycles. The number of fused-ring (bicyclic) bond motifs is 2. The van der Waals surface area contributed by atoms with Gasteiger partial charge in [-0.25, -0.2) is 14.8 Å². The molecule has 1 aromatic heterocycles. The maximum Gasteiger partial charge on any atom is 0.253 e. The van der Waals surface area contributed by atoms with Gasteiger partial charge in [0.25, 0.3) is 5.91 Å². The van der Waals surface area contributed by atoms with Crippen molar-refractivity contribution in [2.24, 2.45) is 0 Å². The number of carbonyl (C=O) groups excluding carboxylic acids is 1. The van der Waals surface area contributed by atoms with Crippen LogP contribution in [0.2, 0.25) is 10.0 Å². The Balaban J connectivity index is 1.72. The van der Waals surface area contributed by atoms with Crippen molar-refractivity contribution in [2.75, 3.05) is 10.8 Å². The predicted octanol–water partition coefficient (Wildman–Crippen LogP) is 4.93. The molecule has 142 valence electrons. The van der Waals surface area contributed by atoms with Crippen molar-refractivity contribution in [1.82, 2.24) is 14.9 Å². The number of nitrogens with one attached hydrogen (secondary N) is 1. The van der Waals surface area contributed by atoms with Crippen LogP contribution in [0.5, 0.6) is 0 Å². The number of amides is 1. The maximum atomic E-state index is 13.1. The van der Waals surface area contributed by atoms with Crippen molar-refractivity contribution in [1.29, 1.82) is 0 Å². The first-order chi connectivity index (χ1) is 13.5. The number of nitrogens with zero attached hydrogens (tertiary/aromatic N) is 3. The van der Waals surface area contributed by atoms with Gasteiger partial charge in [0.2, 0.25) is 4.77 Å². The van der Waals surface area contributed by atoms with E-state index in [0.29, 0.717) is 32.0 Å². The summed E-state index contributed by atoms with van der Waals surface area (Å²) in [6, 6.07) is 13.4. The van der Waals surface area contributed by atoms with Gasteiger partial charge >= 0.3 is 0 Å². The lowest BCUT2D eigenvalue weighted by atomic mass is 10.1. The highest BCUT2D eigenvalue weighted by molar-refractivity contribution is 8.01. The first-order valence-corrected chi connectivity index (χ1v) is 10.8. The lowest BCUT2D eigenvalue weighted by molar-refractivity contribution is -0.117. The molecule has 1 saturated heterocycles. The van der Waals surface area contributed by atoms with E-state index in [1.807, 2.05) is 12.1 Å². The Morgan fingerprint density at radius 3 is 2.86 bits per heavy atom. The molecule has 1 atom stereocenters. The highest BCUT2D eigenvalue weighted by Crippen LogP contribution is 2.53. The van der Waals surface area contributed by atoms with Gasteiger partial charge in [-0.05, 0) is 54.4 Å². The normalized spacial score (nSPS) is 20.9. The molecule has 1 spiro atoms. The molecule has 28 heavy (non-hydrogen) atoms. The third-order valence-corrected chi connectivity index (χ3v) is 7.48. The van der Waals surface area contributed by atoms with Crippen molar-refractivity contribution in [3.05, 3.63) is 68.4 Å². The second-order valence-corrected chi connectivity index (χ2v) is 9.21. The maximum absolute atomic E-state index is 13.1. The standard InChI is InChI=1S/C19H14Cl2N4OS2/c20-12-5-6-13(15(21)9-12)17-22-23-18(27)24(17)25-16(26)10-28-19(25)8-7-11-3-1-2-4-14(11)19/h1-6,9H,7-8,10H2,(H,23,27). The molecule has 3 aromatic rings. The topological polar surface area (TPSA) is 53.9 Å². The molecular formula is C19H14Cl2N4OS2. The van der Waals surface area contributed by atoms with Gasteiger partial charge in [0.15, 0.2) is 5.82 Å². The Kier molecular flexibility index (Phi) is 4.32. The Hall–Kier alpha value is -1.80. The summed E-state index contributed by atoms with van der Waals surface area (Å²) in [6.07, 6.45) is 1.73. The number of benzene rings is 2. The van der Waals surface area contributed by atoms with Gasteiger partial charge in [0.05, 0.1) is 10.8 Å². The van der Waals surface area contributed by atoms with E-state index in [1.54, 1.807) is 39.6 Å². The summed E-state index contributed by atoms with van der Waals surface area (Å²) in [4.78, 5) is 12.6. The summed E-state index contributed by atoms with van der Waals surface area (Å²) in [5, 5.41) is 9.95. The number of hydrogen-bond acceptors (Lipinski definition) is 4. The van der Waals surface area contributed by atoms with E-state index < -0.39 is 4.87 Å². The van der Waals surface area contributed by atoms with Crippen molar-refractivity contribution >= 4 is 53.1 Å². The van der Waals surface area contributed by atoms with E-state index in [0.717, 1.165) is 18.4 Å². The molecule has 1 amide bonds. The Bertz CT molecular complexity index is 1170. The smallest absolute Gasteiger partial charge is 0.253 e. The zero-order valence-corrected chi connectivity index (χ0v) is 17.6. The summed E-state index contributed by atoms with van der Waals surface area (Å²) in [5.41, 5.74) is 3.07. The zero-order chi connectivity index (χ0) is 19.5. The van der Waals surface area contributed by atoms with Gasteiger partial charge in [0, 0.05) is 10.6 Å². The lowest BCUT2D eigenvalue weighted by Gasteiger charge is -2.35. The van der Waals surface area contributed by atoms with Crippen LogP contribution in [-0.2, 0) is 16.1 Å². The molecule has 1 unspecified atom stereocenters. The highest BCUT2D eigenvalue weighted by Gasteiger charge is 2.53. The quantitative estimate of drug-likeness (QED) is 0.564. The molecule has 1 aliphatic carbocycles. The number of aromatic amines is 1. The number of rotatable bonds is 2. The largest absolute Gasteiger partial charge is 0.272 e. The van der Waals surface area contributed by atoms with E-state index in [-0.39, 0.29) is 5.91 Å². The van der Waals surface area contributed by atoms with Crippen LogP contribution in [0.4, 0.5) is 0 Å². The number of hydrogen-bond donors (Lipinski definition) is 1. The summed E-state index contributed by atoms with van der Waals surface area (Å²) < 4.78 is 2.04. The average Bonchev–Trinajstić information content (AvgIpc) is 3.33. The van der Waals surface area contributed by atoms with Crippen molar-refractivity contribution in [3.8, 4) is 11.4 Å². The molecule has 2 aliphatic rings. The number of aryl methyl sites for hydroxylation is 1. The van der Waals surface area contributed by atoms with Gasteiger partial charge in [-0.15, -0.1) is 11.8 Å². The van der Waals surface area contributed by atoms with Crippen LogP contribution in [0.15, 0.2) is 42.5 Å². The monoisotopic (exact) mass is 448 g/mol. The minimum absolute atomic E-state index is 0.00876. The highest BCUT2D eigenvalue weighted by atomic mass is 35.5. The molecule has 1 aliphatic heterocycles. The fourth-order valence-corrected chi connectivity index (χ4v) is 6.13. The third-order valence-electron chi connectivity index (χ3n) is 5.21. The molecular weight excluding hydrogens is 435 g/mol. The number of aromatic nitrogens is 3. The molecule has 9 heteroatoms. The molecule has 1 N–H and O–H groups in total. The van der Waals surface area contributed by atoms with Crippen LogP contribution >= 0.6 is 47.2 Å². The van der Waals surface area contributed by atoms with Gasteiger partial charge < -0.3 is 0 Å². The molecule has 0 bridgehead atoms. The predicted molar refractivity (Wildman–Crippen MR) is 115 cm³/mol. The number of halogens is 2. The average molecular weight is 449 g/mol. The second kappa shape index (κ2) is 6.62. The van der Waals surface area contributed by atoms with Crippen molar-refractivity contribution < 1.29 is 4.79 Å². The molecule has 5 rings (SSSR count). The van der Waals surface area contributed by atoms with Gasteiger partial charge in [-0.2, -0.15) is 5.10 Å². The first-order valence-electron chi connectivity index (χ1n) is 8.70. The lowest BCUT2D eigenvalue weighted by Crippen LogP contribution is -2.49. The molecule has 0 saturated carbocycles. The Labute approximate surface area is 180 Å². The van der Waals surface area contributed by atoms with E-state index in [9.17, 15) is 4.79 Å². The Morgan fingerprint density at radius 1 is 1.21 bits per heavy atom. The number of thioether (sulfide) groups is 1. The third kappa shape index (κ3) is 2.57. The van der Waals surface area contributed by atoms with E-state index in [1.165, 1.54) is 5.56 Å². The van der Waals surface area contributed by atoms with Crippen molar-refractivity contribution in [3.63, 3.8) is 0 Å². The van der Waals surface area contributed by atoms with E-state index in [2.05, 4.69) is 22.3 Å². The summed E-state index contributed by atoms with van der Waals surface area (Å²) in [7, 11) is 0. The molecule has 5 nitrogen and oxygen atoms in total. The van der Waals surface area contributed by atoms with Crippen LogP contribution < -0.4 is 5.01 Å². The van der Waals surface area contributed by atoms with Crippen LogP contribution in [0.1, 0.15) is 17.5 Å². The van der Waals surface area contributed by atoms with Gasteiger partial charge in [-0.1, -0.05) is 47.5 Å². The summed E-state index contributed by atoms with van der Waals surface area (Å²) in [6.45, 7) is 0.